The lowest BCUT2D eigenvalue weighted by Gasteiger charge is -2.16. The van der Waals surface area contributed by atoms with Gasteiger partial charge in [-0.1, -0.05) is 44.2 Å². The van der Waals surface area contributed by atoms with Crippen molar-refractivity contribution in [2.75, 3.05) is 10.6 Å². The zero-order valence-corrected chi connectivity index (χ0v) is 15.0. The second-order valence-corrected chi connectivity index (χ2v) is 6.48. The first kappa shape index (κ1) is 16.9. The van der Waals surface area contributed by atoms with Crippen molar-refractivity contribution >= 4 is 23.1 Å². The first-order chi connectivity index (χ1) is 12.0. The van der Waals surface area contributed by atoms with Gasteiger partial charge in [0.05, 0.1) is 6.20 Å². The maximum atomic E-state index is 4.54. The predicted molar refractivity (Wildman–Crippen MR) is 103 cm³/mol. The first-order valence-corrected chi connectivity index (χ1v) is 8.43. The van der Waals surface area contributed by atoms with E-state index in [2.05, 4.69) is 83.8 Å². The summed E-state index contributed by atoms with van der Waals surface area (Å²) in [6.07, 6.45) is 1.62. The lowest BCUT2D eigenvalue weighted by atomic mass is 9.98. The van der Waals surface area contributed by atoms with E-state index in [1.807, 2.05) is 12.1 Å². The van der Waals surface area contributed by atoms with Crippen LogP contribution in [-0.4, -0.2) is 15.2 Å². The molecule has 0 aliphatic rings. The lowest BCUT2D eigenvalue weighted by molar-refractivity contribution is 0.865. The van der Waals surface area contributed by atoms with Crippen molar-refractivity contribution in [3.8, 4) is 0 Å². The molecule has 0 aliphatic heterocycles. The Morgan fingerprint density at radius 2 is 1.76 bits per heavy atom. The molecule has 0 bridgehead atoms. The molecule has 0 spiro atoms. The quantitative estimate of drug-likeness (QED) is 0.680. The van der Waals surface area contributed by atoms with Crippen LogP contribution in [0.5, 0.6) is 0 Å². The molecule has 0 unspecified atom stereocenters. The summed E-state index contributed by atoms with van der Waals surface area (Å²) in [7, 11) is 0. The number of benzene rings is 2. The molecular weight excluding hydrogens is 310 g/mol. The highest BCUT2D eigenvalue weighted by Gasteiger charge is 2.11. The number of aromatic nitrogens is 3. The van der Waals surface area contributed by atoms with Crippen molar-refractivity contribution in [3.05, 3.63) is 65.4 Å². The van der Waals surface area contributed by atoms with Crippen molar-refractivity contribution in [3.63, 3.8) is 0 Å². The van der Waals surface area contributed by atoms with Gasteiger partial charge in [-0.2, -0.15) is 10.1 Å². The van der Waals surface area contributed by atoms with Gasteiger partial charge in [0, 0.05) is 11.4 Å². The molecule has 5 nitrogen and oxygen atoms in total. The molecular formula is C20H23N5. The van der Waals surface area contributed by atoms with E-state index in [0.717, 1.165) is 16.9 Å². The standard InChI is InChI=1S/C20H23N5/c1-13(2)17-10-6-8-15(4)19(17)24-20-23-18(12-21-25-20)22-16-9-5-7-14(3)11-16/h5-13H,1-4H3,(H2,22,23,24,25). The number of nitrogens with one attached hydrogen (secondary N) is 2. The van der Waals surface area contributed by atoms with Gasteiger partial charge in [0.1, 0.15) is 0 Å². The maximum absolute atomic E-state index is 4.54. The summed E-state index contributed by atoms with van der Waals surface area (Å²) in [4.78, 5) is 4.54. The van der Waals surface area contributed by atoms with Gasteiger partial charge < -0.3 is 10.6 Å². The summed E-state index contributed by atoms with van der Waals surface area (Å²) in [6, 6.07) is 14.4. The van der Waals surface area contributed by atoms with Gasteiger partial charge in [0.2, 0.25) is 5.95 Å². The molecule has 128 valence electrons. The number of hydrogen-bond acceptors (Lipinski definition) is 5. The van der Waals surface area contributed by atoms with Crippen molar-refractivity contribution in [1.29, 1.82) is 0 Å². The van der Waals surface area contributed by atoms with Gasteiger partial charge in [-0.3, -0.25) is 0 Å². The molecule has 0 saturated heterocycles. The topological polar surface area (TPSA) is 62.7 Å². The van der Waals surface area contributed by atoms with E-state index in [0.29, 0.717) is 17.7 Å². The molecule has 1 heterocycles. The zero-order valence-electron chi connectivity index (χ0n) is 15.0. The summed E-state index contributed by atoms with van der Waals surface area (Å²) in [5.41, 5.74) is 5.61. The van der Waals surface area contributed by atoms with Crippen LogP contribution in [0.2, 0.25) is 0 Å². The Labute approximate surface area is 148 Å². The SMILES string of the molecule is Cc1cccc(Nc2cnnc(Nc3c(C)cccc3C(C)C)n2)c1. The average molecular weight is 333 g/mol. The highest BCUT2D eigenvalue weighted by molar-refractivity contribution is 5.65. The number of anilines is 4. The van der Waals surface area contributed by atoms with Crippen molar-refractivity contribution in [2.24, 2.45) is 0 Å². The molecule has 5 heteroatoms. The average Bonchev–Trinajstić information content (AvgIpc) is 2.57. The number of para-hydroxylation sites is 1. The van der Waals surface area contributed by atoms with Crippen LogP contribution in [0.3, 0.4) is 0 Å². The minimum Gasteiger partial charge on any atom is -0.339 e. The molecule has 0 saturated carbocycles. The highest BCUT2D eigenvalue weighted by atomic mass is 15.3. The number of rotatable bonds is 5. The Hall–Kier alpha value is -2.95. The molecule has 0 aliphatic carbocycles. The minimum absolute atomic E-state index is 0.406. The van der Waals surface area contributed by atoms with Gasteiger partial charge in [-0.05, 0) is 48.6 Å². The van der Waals surface area contributed by atoms with Crippen molar-refractivity contribution in [2.45, 2.75) is 33.6 Å². The molecule has 2 N–H and O–H groups in total. The Balaban J connectivity index is 1.86. The molecule has 25 heavy (non-hydrogen) atoms. The van der Waals surface area contributed by atoms with Gasteiger partial charge in [-0.25, -0.2) is 0 Å². The molecule has 1 aromatic heterocycles. The maximum Gasteiger partial charge on any atom is 0.249 e. The second kappa shape index (κ2) is 7.30. The van der Waals surface area contributed by atoms with E-state index in [9.17, 15) is 0 Å². The Bertz CT molecular complexity index is 873. The second-order valence-electron chi connectivity index (χ2n) is 6.48. The van der Waals surface area contributed by atoms with Crippen LogP contribution in [0.1, 0.15) is 36.5 Å². The zero-order chi connectivity index (χ0) is 17.8. The van der Waals surface area contributed by atoms with Gasteiger partial charge in [-0.15, -0.1) is 5.10 Å². The number of aryl methyl sites for hydroxylation is 2. The third-order valence-electron chi connectivity index (χ3n) is 4.01. The molecule has 0 fully saturated rings. The van der Waals surface area contributed by atoms with Crippen LogP contribution in [0.15, 0.2) is 48.7 Å². The smallest absolute Gasteiger partial charge is 0.249 e. The van der Waals surface area contributed by atoms with E-state index < -0.39 is 0 Å². The minimum atomic E-state index is 0.406. The molecule has 3 rings (SSSR count). The molecule has 2 aromatic carbocycles. The van der Waals surface area contributed by atoms with E-state index in [1.54, 1.807) is 6.20 Å². The molecule has 0 amide bonds. The van der Waals surface area contributed by atoms with E-state index in [1.165, 1.54) is 11.1 Å². The summed E-state index contributed by atoms with van der Waals surface area (Å²) in [6.45, 7) is 8.49. The third kappa shape index (κ3) is 4.12. The number of hydrogen-bond donors (Lipinski definition) is 2. The van der Waals surface area contributed by atoms with Crippen LogP contribution in [0, 0.1) is 13.8 Å². The van der Waals surface area contributed by atoms with Crippen molar-refractivity contribution < 1.29 is 0 Å². The normalized spacial score (nSPS) is 10.8. The number of nitrogens with zero attached hydrogens (tertiary/aromatic N) is 3. The van der Waals surface area contributed by atoms with Crippen LogP contribution in [0.4, 0.5) is 23.1 Å². The van der Waals surface area contributed by atoms with Crippen LogP contribution < -0.4 is 10.6 Å². The molecule has 0 atom stereocenters. The predicted octanol–water partition coefficient (Wildman–Crippen LogP) is 5.10. The van der Waals surface area contributed by atoms with E-state index in [-0.39, 0.29) is 0 Å². The van der Waals surface area contributed by atoms with Crippen molar-refractivity contribution in [1.82, 2.24) is 15.2 Å². The lowest BCUT2D eigenvalue weighted by Crippen LogP contribution is -2.06. The highest BCUT2D eigenvalue weighted by Crippen LogP contribution is 2.29. The van der Waals surface area contributed by atoms with Crippen LogP contribution >= 0.6 is 0 Å². The first-order valence-electron chi connectivity index (χ1n) is 8.43. The Kier molecular flexibility index (Phi) is 4.93. The largest absolute Gasteiger partial charge is 0.339 e. The third-order valence-corrected chi connectivity index (χ3v) is 4.01. The molecule has 3 aromatic rings. The summed E-state index contributed by atoms with van der Waals surface area (Å²) < 4.78 is 0. The fourth-order valence-electron chi connectivity index (χ4n) is 2.74. The summed E-state index contributed by atoms with van der Waals surface area (Å²) >= 11 is 0. The van der Waals surface area contributed by atoms with Gasteiger partial charge in [0.25, 0.3) is 0 Å². The fourth-order valence-corrected chi connectivity index (χ4v) is 2.74. The van der Waals surface area contributed by atoms with Gasteiger partial charge >= 0.3 is 0 Å². The van der Waals surface area contributed by atoms with E-state index >= 15 is 0 Å². The fraction of sp³-hybridized carbons (Fsp3) is 0.250. The van der Waals surface area contributed by atoms with Gasteiger partial charge in [0.15, 0.2) is 5.82 Å². The van der Waals surface area contributed by atoms with Crippen LogP contribution in [0.25, 0.3) is 0 Å². The van der Waals surface area contributed by atoms with E-state index in [4.69, 9.17) is 0 Å². The summed E-state index contributed by atoms with van der Waals surface area (Å²) in [5, 5.41) is 14.8. The Morgan fingerprint density at radius 1 is 0.960 bits per heavy atom. The Morgan fingerprint density at radius 3 is 2.52 bits per heavy atom. The monoisotopic (exact) mass is 333 g/mol. The summed E-state index contributed by atoms with van der Waals surface area (Å²) in [5.74, 6) is 1.54. The molecule has 0 radical (unpaired) electrons. The van der Waals surface area contributed by atoms with Crippen LogP contribution in [-0.2, 0) is 0 Å².